The number of hydrogen-bond donors (Lipinski definition) is 0. The summed E-state index contributed by atoms with van der Waals surface area (Å²) < 4.78 is 53.0. The summed E-state index contributed by atoms with van der Waals surface area (Å²) in [4.78, 5) is 18.8. The van der Waals surface area contributed by atoms with Crippen LogP contribution in [0.5, 0.6) is 0 Å². The average Bonchev–Trinajstić information content (AvgIpc) is 2.61. The number of para-hydroxylation sites is 1. The van der Waals surface area contributed by atoms with Crippen LogP contribution in [0.1, 0.15) is 15.9 Å². The normalized spacial score (nSPS) is 15.4. The lowest BCUT2D eigenvalue weighted by Crippen LogP contribution is -2.49. The molecule has 3 rings (SSSR count). The Morgan fingerprint density at radius 3 is 2.32 bits per heavy atom. The number of alkyl halides is 3. The van der Waals surface area contributed by atoms with E-state index in [0.717, 1.165) is 6.07 Å². The molecule has 2 heterocycles. The maximum atomic E-state index is 13.6. The zero-order chi connectivity index (χ0) is 18.0. The van der Waals surface area contributed by atoms with Gasteiger partial charge in [-0.2, -0.15) is 17.6 Å². The Morgan fingerprint density at radius 1 is 1.00 bits per heavy atom. The van der Waals surface area contributed by atoms with E-state index in [0.29, 0.717) is 0 Å². The number of aromatic nitrogens is 1. The van der Waals surface area contributed by atoms with E-state index in [4.69, 9.17) is 0 Å². The fourth-order valence-corrected chi connectivity index (χ4v) is 2.86. The Morgan fingerprint density at radius 2 is 1.68 bits per heavy atom. The summed E-state index contributed by atoms with van der Waals surface area (Å²) in [6.07, 6.45) is -3.19. The van der Waals surface area contributed by atoms with Gasteiger partial charge >= 0.3 is 6.18 Å². The number of rotatable bonds is 2. The summed E-state index contributed by atoms with van der Waals surface area (Å²) in [7, 11) is 0. The fourth-order valence-electron chi connectivity index (χ4n) is 2.86. The molecule has 1 aromatic carbocycles. The highest BCUT2D eigenvalue weighted by molar-refractivity contribution is 5.94. The van der Waals surface area contributed by atoms with Gasteiger partial charge in [0.15, 0.2) is 0 Å². The first-order chi connectivity index (χ1) is 11.9. The number of benzene rings is 1. The van der Waals surface area contributed by atoms with Gasteiger partial charge in [0.25, 0.3) is 5.91 Å². The molecular formula is C17H15F4N3O. The zero-order valence-corrected chi connectivity index (χ0v) is 13.1. The highest BCUT2D eigenvalue weighted by Crippen LogP contribution is 2.36. The lowest BCUT2D eigenvalue weighted by molar-refractivity contribution is -0.137. The first-order valence-electron chi connectivity index (χ1n) is 7.69. The summed E-state index contributed by atoms with van der Waals surface area (Å²) in [5.74, 6) is -1.35. The van der Waals surface area contributed by atoms with Crippen LogP contribution in [0, 0.1) is 5.95 Å². The van der Waals surface area contributed by atoms with E-state index < -0.39 is 23.6 Å². The Balaban J connectivity index is 1.73. The lowest BCUT2D eigenvalue weighted by Gasteiger charge is -2.37. The largest absolute Gasteiger partial charge is 0.418 e. The molecule has 1 amide bonds. The predicted octanol–water partition coefficient (Wildman–Crippen LogP) is 3.20. The quantitative estimate of drug-likeness (QED) is 0.615. The number of halogens is 4. The number of anilines is 1. The molecule has 0 atom stereocenters. The van der Waals surface area contributed by atoms with Gasteiger partial charge < -0.3 is 9.80 Å². The molecule has 4 nitrogen and oxygen atoms in total. The van der Waals surface area contributed by atoms with Crippen LogP contribution in [0.3, 0.4) is 0 Å². The van der Waals surface area contributed by atoms with Gasteiger partial charge in [0.2, 0.25) is 5.95 Å². The van der Waals surface area contributed by atoms with Crippen molar-refractivity contribution < 1.29 is 22.4 Å². The van der Waals surface area contributed by atoms with Gasteiger partial charge in [0, 0.05) is 38.1 Å². The summed E-state index contributed by atoms with van der Waals surface area (Å²) in [6.45, 7) is 0.889. The van der Waals surface area contributed by atoms with Crippen molar-refractivity contribution in [3.8, 4) is 0 Å². The predicted molar refractivity (Wildman–Crippen MR) is 83.8 cm³/mol. The van der Waals surface area contributed by atoms with Crippen molar-refractivity contribution in [3.63, 3.8) is 0 Å². The molecule has 0 N–H and O–H groups in total. The average molecular weight is 353 g/mol. The molecular weight excluding hydrogens is 338 g/mol. The smallest absolute Gasteiger partial charge is 0.367 e. The third-order valence-corrected chi connectivity index (χ3v) is 4.11. The SMILES string of the molecule is O=C(c1cccnc1F)N1CCN(c2ccccc2C(F)(F)F)CC1. The first kappa shape index (κ1) is 17.2. The van der Waals surface area contributed by atoms with E-state index >= 15 is 0 Å². The Labute approximate surface area is 141 Å². The van der Waals surface area contributed by atoms with Crippen LogP contribution >= 0.6 is 0 Å². The molecule has 1 aromatic heterocycles. The molecule has 0 saturated carbocycles. The van der Waals surface area contributed by atoms with Crippen molar-refractivity contribution in [1.82, 2.24) is 9.88 Å². The minimum atomic E-state index is -4.44. The molecule has 25 heavy (non-hydrogen) atoms. The molecule has 0 aliphatic carbocycles. The van der Waals surface area contributed by atoms with E-state index in [9.17, 15) is 22.4 Å². The first-order valence-corrected chi connectivity index (χ1v) is 7.69. The minimum Gasteiger partial charge on any atom is -0.367 e. The van der Waals surface area contributed by atoms with E-state index in [2.05, 4.69) is 4.98 Å². The van der Waals surface area contributed by atoms with E-state index in [1.807, 2.05) is 0 Å². The highest BCUT2D eigenvalue weighted by atomic mass is 19.4. The van der Waals surface area contributed by atoms with E-state index in [1.165, 1.54) is 35.4 Å². The topological polar surface area (TPSA) is 36.4 Å². The van der Waals surface area contributed by atoms with Crippen molar-refractivity contribution in [1.29, 1.82) is 0 Å². The maximum Gasteiger partial charge on any atom is 0.418 e. The minimum absolute atomic E-state index is 0.0923. The van der Waals surface area contributed by atoms with Crippen LogP contribution in [-0.4, -0.2) is 42.0 Å². The van der Waals surface area contributed by atoms with Gasteiger partial charge in [-0.05, 0) is 24.3 Å². The molecule has 1 fully saturated rings. The van der Waals surface area contributed by atoms with Crippen molar-refractivity contribution in [2.24, 2.45) is 0 Å². The number of amides is 1. The van der Waals surface area contributed by atoms with E-state index in [1.54, 1.807) is 11.0 Å². The van der Waals surface area contributed by atoms with Gasteiger partial charge in [-0.15, -0.1) is 0 Å². The molecule has 0 radical (unpaired) electrons. The molecule has 0 unspecified atom stereocenters. The number of carbonyl (C=O) groups is 1. The lowest BCUT2D eigenvalue weighted by atomic mass is 10.1. The van der Waals surface area contributed by atoms with E-state index in [-0.39, 0.29) is 37.4 Å². The third-order valence-electron chi connectivity index (χ3n) is 4.11. The number of nitrogens with zero attached hydrogens (tertiary/aromatic N) is 3. The molecule has 132 valence electrons. The summed E-state index contributed by atoms with van der Waals surface area (Å²) in [6, 6.07) is 8.16. The number of pyridine rings is 1. The second-order valence-corrected chi connectivity index (χ2v) is 5.64. The summed E-state index contributed by atoms with van der Waals surface area (Å²) in [5, 5.41) is 0. The molecule has 2 aromatic rings. The van der Waals surface area contributed by atoms with Crippen LogP contribution in [0.25, 0.3) is 0 Å². The number of hydrogen-bond acceptors (Lipinski definition) is 3. The monoisotopic (exact) mass is 353 g/mol. The van der Waals surface area contributed by atoms with Crippen LogP contribution < -0.4 is 4.90 Å². The van der Waals surface area contributed by atoms with Gasteiger partial charge in [-0.3, -0.25) is 4.79 Å². The standard InChI is InChI=1S/C17H15F4N3O/c18-15-12(4-3-7-22-15)16(25)24-10-8-23(9-11-24)14-6-2-1-5-13(14)17(19,20)21/h1-7H,8-11H2. The number of piperazine rings is 1. The second kappa shape index (κ2) is 6.70. The molecule has 0 bridgehead atoms. The van der Waals surface area contributed by atoms with Crippen molar-refractivity contribution in [3.05, 3.63) is 59.7 Å². The fraction of sp³-hybridized carbons (Fsp3) is 0.294. The van der Waals surface area contributed by atoms with Crippen LogP contribution in [0.15, 0.2) is 42.6 Å². The molecule has 1 saturated heterocycles. The van der Waals surface area contributed by atoms with Crippen LogP contribution in [-0.2, 0) is 6.18 Å². The number of carbonyl (C=O) groups excluding carboxylic acids is 1. The molecule has 8 heteroatoms. The Bertz CT molecular complexity index is 770. The summed E-state index contributed by atoms with van der Waals surface area (Å²) in [5.41, 5.74) is -0.741. The maximum absolute atomic E-state index is 13.6. The summed E-state index contributed by atoms with van der Waals surface area (Å²) >= 11 is 0. The Kier molecular flexibility index (Phi) is 4.61. The van der Waals surface area contributed by atoms with Crippen LogP contribution in [0.4, 0.5) is 23.2 Å². The molecule has 1 aliphatic rings. The second-order valence-electron chi connectivity index (χ2n) is 5.64. The third kappa shape index (κ3) is 3.57. The highest BCUT2D eigenvalue weighted by Gasteiger charge is 2.35. The van der Waals surface area contributed by atoms with Crippen molar-refractivity contribution >= 4 is 11.6 Å². The van der Waals surface area contributed by atoms with Gasteiger partial charge in [-0.25, -0.2) is 4.98 Å². The van der Waals surface area contributed by atoms with Crippen molar-refractivity contribution in [2.45, 2.75) is 6.18 Å². The Hall–Kier alpha value is -2.64. The molecule has 0 spiro atoms. The van der Waals surface area contributed by atoms with Crippen LogP contribution in [0.2, 0.25) is 0 Å². The van der Waals surface area contributed by atoms with Crippen molar-refractivity contribution in [2.75, 3.05) is 31.1 Å². The molecule has 1 aliphatic heterocycles. The zero-order valence-electron chi connectivity index (χ0n) is 13.1. The van der Waals surface area contributed by atoms with Gasteiger partial charge in [0.1, 0.15) is 0 Å². The van der Waals surface area contributed by atoms with Gasteiger partial charge in [-0.1, -0.05) is 12.1 Å². The van der Waals surface area contributed by atoms with Gasteiger partial charge in [0.05, 0.1) is 11.1 Å².